The van der Waals surface area contributed by atoms with Gasteiger partial charge >= 0.3 is 0 Å². The number of morpholine rings is 1. The number of nitrogens with zero attached hydrogens (tertiary/aromatic N) is 3. The number of hydrogen-bond acceptors (Lipinski definition) is 6. The first-order valence-electron chi connectivity index (χ1n) is 7.13. The lowest BCUT2D eigenvalue weighted by Gasteiger charge is -2.32. The van der Waals surface area contributed by atoms with Crippen LogP contribution in [0.1, 0.15) is 26.1 Å². The molecule has 0 bridgehead atoms. The maximum Gasteiger partial charge on any atom is 0.294 e. The summed E-state index contributed by atoms with van der Waals surface area (Å²) < 4.78 is 31.3. The molecule has 0 radical (unpaired) electrons. The third kappa shape index (κ3) is 3.52. The lowest BCUT2D eigenvalue weighted by molar-refractivity contribution is 0.0528. The van der Waals surface area contributed by atoms with Gasteiger partial charge in [-0.1, -0.05) is 6.92 Å². The van der Waals surface area contributed by atoms with Crippen LogP contribution in [0, 0.1) is 0 Å². The van der Waals surface area contributed by atoms with Gasteiger partial charge in [-0.05, 0) is 29.8 Å². The highest BCUT2D eigenvalue weighted by molar-refractivity contribution is 9.10. The molecular formula is C13H20BrN3O4S. The largest absolute Gasteiger partial charge is 0.375 e. The Balaban J connectivity index is 2.48. The fourth-order valence-electron chi connectivity index (χ4n) is 2.37. The van der Waals surface area contributed by atoms with Crippen LogP contribution in [-0.4, -0.2) is 49.5 Å². The van der Waals surface area contributed by atoms with Crippen LogP contribution in [0.2, 0.25) is 0 Å². The van der Waals surface area contributed by atoms with E-state index in [1.807, 2.05) is 11.8 Å². The fourth-order valence-corrected chi connectivity index (χ4v) is 3.74. The van der Waals surface area contributed by atoms with Crippen LogP contribution in [0.3, 0.4) is 0 Å². The van der Waals surface area contributed by atoms with Gasteiger partial charge in [0.15, 0.2) is 15.7 Å². The summed E-state index contributed by atoms with van der Waals surface area (Å²) in [5.74, 6) is 0.229. The number of rotatable bonds is 4. The first kappa shape index (κ1) is 17.4. The molecule has 1 aliphatic heterocycles. The van der Waals surface area contributed by atoms with E-state index in [2.05, 4.69) is 20.9 Å². The molecule has 9 heteroatoms. The van der Waals surface area contributed by atoms with E-state index in [9.17, 15) is 13.2 Å². The first-order valence-corrected chi connectivity index (χ1v) is 9.64. The van der Waals surface area contributed by atoms with Crippen LogP contribution in [0.15, 0.2) is 15.6 Å². The number of sulfone groups is 1. The quantitative estimate of drug-likeness (QED) is 0.763. The molecule has 1 aromatic rings. The van der Waals surface area contributed by atoms with Crippen molar-refractivity contribution in [1.82, 2.24) is 9.55 Å². The molecule has 1 aromatic heterocycles. The van der Waals surface area contributed by atoms with Crippen LogP contribution in [0.25, 0.3) is 0 Å². The summed E-state index contributed by atoms with van der Waals surface area (Å²) in [6.07, 6.45) is 1.42. The first-order chi connectivity index (χ1) is 10.3. The second kappa shape index (κ2) is 6.67. The molecular weight excluding hydrogens is 374 g/mol. The fraction of sp³-hybridized carbons (Fsp3) is 0.692. The zero-order valence-electron chi connectivity index (χ0n) is 12.8. The van der Waals surface area contributed by atoms with Crippen molar-refractivity contribution in [2.24, 2.45) is 0 Å². The minimum absolute atomic E-state index is 0.000760. The molecule has 22 heavy (non-hydrogen) atoms. The lowest BCUT2D eigenvalue weighted by atomic mass is 10.3. The minimum Gasteiger partial charge on any atom is -0.375 e. The van der Waals surface area contributed by atoms with Gasteiger partial charge in [-0.25, -0.2) is 13.4 Å². The predicted molar refractivity (Wildman–Crippen MR) is 88.0 cm³/mol. The molecule has 0 aliphatic carbocycles. The molecule has 1 saturated heterocycles. The second-order valence-electron chi connectivity index (χ2n) is 5.28. The molecule has 0 spiro atoms. The second-order valence-corrected chi connectivity index (χ2v) is 8.68. The Kier molecular flexibility index (Phi) is 5.29. The summed E-state index contributed by atoms with van der Waals surface area (Å²) >= 11 is 3.26. The van der Waals surface area contributed by atoms with Crippen molar-refractivity contribution in [2.45, 2.75) is 32.2 Å². The highest BCUT2D eigenvalue weighted by atomic mass is 79.9. The van der Waals surface area contributed by atoms with Crippen molar-refractivity contribution >= 4 is 31.6 Å². The monoisotopic (exact) mass is 393 g/mol. The molecule has 0 amide bonds. The van der Waals surface area contributed by atoms with E-state index in [1.54, 1.807) is 6.92 Å². The van der Waals surface area contributed by atoms with Crippen LogP contribution in [-0.2, 0) is 14.6 Å². The topological polar surface area (TPSA) is 81.5 Å². The minimum atomic E-state index is -3.38. The van der Waals surface area contributed by atoms with E-state index in [1.165, 1.54) is 17.7 Å². The number of halogens is 1. The van der Waals surface area contributed by atoms with E-state index < -0.39 is 20.8 Å². The van der Waals surface area contributed by atoms with Gasteiger partial charge < -0.3 is 9.64 Å². The number of aromatic nitrogens is 2. The molecule has 1 unspecified atom stereocenters. The lowest BCUT2D eigenvalue weighted by Crippen LogP contribution is -2.45. The Morgan fingerprint density at radius 3 is 2.82 bits per heavy atom. The average Bonchev–Trinajstić information content (AvgIpc) is 2.48. The molecule has 0 saturated carbocycles. The van der Waals surface area contributed by atoms with Gasteiger partial charge in [0, 0.05) is 25.0 Å². The van der Waals surface area contributed by atoms with E-state index in [4.69, 9.17) is 4.74 Å². The zero-order valence-corrected chi connectivity index (χ0v) is 15.2. The van der Waals surface area contributed by atoms with Crippen LogP contribution in [0.4, 0.5) is 5.82 Å². The third-order valence-corrected chi connectivity index (χ3v) is 6.19. The summed E-state index contributed by atoms with van der Waals surface area (Å²) in [4.78, 5) is 18.7. The highest BCUT2D eigenvalue weighted by Gasteiger charge is 2.26. The van der Waals surface area contributed by atoms with Gasteiger partial charge in [-0.2, -0.15) is 0 Å². The van der Waals surface area contributed by atoms with E-state index >= 15 is 0 Å². The predicted octanol–water partition coefficient (Wildman–Crippen LogP) is 1.18. The zero-order chi connectivity index (χ0) is 16.5. The van der Waals surface area contributed by atoms with Gasteiger partial charge in [-0.3, -0.25) is 9.36 Å². The Labute approximate surface area is 138 Å². The van der Waals surface area contributed by atoms with E-state index in [-0.39, 0.29) is 17.7 Å². The molecule has 0 N–H and O–H groups in total. The van der Waals surface area contributed by atoms with Crippen molar-refractivity contribution < 1.29 is 13.2 Å². The van der Waals surface area contributed by atoms with Gasteiger partial charge in [0.05, 0.1) is 12.7 Å². The maximum absolute atomic E-state index is 12.7. The number of hydrogen-bond donors (Lipinski definition) is 0. The summed E-state index contributed by atoms with van der Waals surface area (Å²) in [7, 11) is -3.38. The Bertz CT molecular complexity index is 704. The SMILES string of the molecule is CCS(=O)(=O)C(C)n1cc(Br)nc(N2CCO[C@H](C)C2)c1=O. The maximum atomic E-state index is 12.7. The van der Waals surface area contributed by atoms with Crippen molar-refractivity contribution in [2.75, 3.05) is 30.3 Å². The number of ether oxygens (including phenoxy) is 1. The van der Waals surface area contributed by atoms with E-state index in [0.717, 1.165) is 0 Å². The molecule has 2 atom stereocenters. The van der Waals surface area contributed by atoms with Gasteiger partial charge in [0.1, 0.15) is 9.98 Å². The van der Waals surface area contributed by atoms with Crippen molar-refractivity contribution in [3.05, 3.63) is 21.2 Å². The van der Waals surface area contributed by atoms with Crippen LogP contribution >= 0.6 is 15.9 Å². The van der Waals surface area contributed by atoms with Gasteiger partial charge in [0.25, 0.3) is 5.56 Å². The normalized spacial score (nSPS) is 20.9. The smallest absolute Gasteiger partial charge is 0.294 e. The van der Waals surface area contributed by atoms with E-state index in [0.29, 0.717) is 24.3 Å². The number of anilines is 1. The average molecular weight is 394 g/mol. The molecule has 124 valence electrons. The molecule has 1 aliphatic rings. The molecule has 0 aromatic carbocycles. The van der Waals surface area contributed by atoms with Crippen molar-refractivity contribution in [3.63, 3.8) is 0 Å². The van der Waals surface area contributed by atoms with Crippen molar-refractivity contribution in [3.8, 4) is 0 Å². The van der Waals surface area contributed by atoms with Gasteiger partial charge in [-0.15, -0.1) is 0 Å². The van der Waals surface area contributed by atoms with Crippen LogP contribution in [0.5, 0.6) is 0 Å². The summed E-state index contributed by atoms with van der Waals surface area (Å²) in [6.45, 7) is 6.62. The van der Waals surface area contributed by atoms with Crippen molar-refractivity contribution in [1.29, 1.82) is 0 Å². The Morgan fingerprint density at radius 2 is 2.23 bits per heavy atom. The summed E-state index contributed by atoms with van der Waals surface area (Å²) in [6, 6.07) is 0. The standard InChI is InChI=1S/C13H20BrN3O4S/c1-4-22(19,20)10(3)17-8-11(14)15-12(13(17)18)16-5-6-21-9(2)7-16/h8-10H,4-7H2,1-3H3/t9-,10?/m1/s1. The molecule has 7 nitrogen and oxygen atoms in total. The summed E-state index contributed by atoms with van der Waals surface area (Å²) in [5.41, 5.74) is -0.401. The highest BCUT2D eigenvalue weighted by Crippen LogP contribution is 2.19. The Morgan fingerprint density at radius 1 is 1.55 bits per heavy atom. The van der Waals surface area contributed by atoms with Gasteiger partial charge in [0.2, 0.25) is 0 Å². The molecule has 1 fully saturated rings. The molecule has 2 heterocycles. The third-order valence-electron chi connectivity index (χ3n) is 3.74. The van der Waals surface area contributed by atoms with Crippen LogP contribution < -0.4 is 10.5 Å². The Hall–Kier alpha value is -0.930. The molecule has 2 rings (SSSR count). The summed E-state index contributed by atoms with van der Waals surface area (Å²) in [5, 5.41) is -0.929.